The van der Waals surface area contributed by atoms with Gasteiger partial charge >= 0.3 is 5.97 Å². The molecule has 0 amide bonds. The number of carbonyl (C=O) groups is 1. The van der Waals surface area contributed by atoms with Crippen LogP contribution in [0.4, 0.5) is 0 Å². The van der Waals surface area contributed by atoms with Crippen LogP contribution in [0.5, 0.6) is 11.5 Å². The highest BCUT2D eigenvalue weighted by Gasteiger charge is 2.30. The Morgan fingerprint density at radius 2 is 1.93 bits per heavy atom. The van der Waals surface area contributed by atoms with Crippen molar-refractivity contribution < 1.29 is 14.3 Å². The van der Waals surface area contributed by atoms with Gasteiger partial charge in [-0.05, 0) is 24.3 Å². The summed E-state index contributed by atoms with van der Waals surface area (Å²) in [7, 11) is 1.59. The van der Waals surface area contributed by atoms with E-state index in [9.17, 15) is 4.79 Å². The predicted octanol–water partition coefficient (Wildman–Crippen LogP) is 0.572. The smallest absolute Gasteiger partial charge is 0.329 e. The molecule has 74 valence electrons. The SMILES string of the molecule is COc1ccc(OC(=O)C2CN2)cc1. The Morgan fingerprint density at radius 3 is 2.43 bits per heavy atom. The zero-order valence-corrected chi connectivity index (χ0v) is 7.82. The van der Waals surface area contributed by atoms with E-state index in [0.29, 0.717) is 5.75 Å². The van der Waals surface area contributed by atoms with E-state index in [1.165, 1.54) is 0 Å². The van der Waals surface area contributed by atoms with Gasteiger partial charge in [0.25, 0.3) is 0 Å². The zero-order valence-electron chi connectivity index (χ0n) is 7.82. The average molecular weight is 193 g/mol. The first-order valence-electron chi connectivity index (χ1n) is 4.39. The molecule has 1 fully saturated rings. The Morgan fingerprint density at radius 1 is 1.36 bits per heavy atom. The highest BCUT2D eigenvalue weighted by atomic mass is 16.5. The molecule has 4 nitrogen and oxygen atoms in total. The quantitative estimate of drug-likeness (QED) is 0.433. The standard InChI is InChI=1S/C10H11NO3/c1-13-7-2-4-8(5-3-7)14-10(12)9-6-11-9/h2-5,9,11H,6H2,1H3. The molecule has 1 aliphatic heterocycles. The van der Waals surface area contributed by atoms with Crippen LogP contribution in [0, 0.1) is 0 Å². The van der Waals surface area contributed by atoms with Gasteiger partial charge in [0.15, 0.2) is 0 Å². The number of methoxy groups -OCH3 is 1. The Kier molecular flexibility index (Phi) is 2.37. The van der Waals surface area contributed by atoms with Gasteiger partial charge in [0.05, 0.1) is 7.11 Å². The van der Waals surface area contributed by atoms with Gasteiger partial charge in [-0.2, -0.15) is 0 Å². The van der Waals surface area contributed by atoms with Gasteiger partial charge in [0.2, 0.25) is 0 Å². The van der Waals surface area contributed by atoms with Gasteiger partial charge in [-0.25, -0.2) is 4.79 Å². The molecule has 1 unspecified atom stereocenters. The minimum atomic E-state index is -0.227. The topological polar surface area (TPSA) is 57.5 Å². The van der Waals surface area contributed by atoms with Crippen LogP contribution in [0.2, 0.25) is 0 Å². The molecule has 14 heavy (non-hydrogen) atoms. The molecule has 0 spiro atoms. The lowest BCUT2D eigenvalue weighted by Gasteiger charge is -2.03. The molecule has 0 radical (unpaired) electrons. The third-order valence-electron chi connectivity index (χ3n) is 1.97. The maximum atomic E-state index is 11.2. The van der Waals surface area contributed by atoms with Crippen molar-refractivity contribution in [1.29, 1.82) is 0 Å². The fourth-order valence-electron chi connectivity index (χ4n) is 1.06. The average Bonchev–Trinajstić information content (AvgIpc) is 3.02. The molecular formula is C10H11NO3. The van der Waals surface area contributed by atoms with Crippen molar-refractivity contribution in [3.8, 4) is 11.5 Å². The second-order valence-corrected chi connectivity index (χ2v) is 3.06. The van der Waals surface area contributed by atoms with E-state index < -0.39 is 0 Å². The summed E-state index contributed by atoms with van der Waals surface area (Å²) in [5.41, 5.74) is 0. The fourth-order valence-corrected chi connectivity index (χ4v) is 1.06. The summed E-state index contributed by atoms with van der Waals surface area (Å²) in [5, 5.41) is 2.88. The highest BCUT2D eigenvalue weighted by molar-refractivity contribution is 5.81. The van der Waals surface area contributed by atoms with Crippen LogP contribution in [-0.4, -0.2) is 25.7 Å². The number of esters is 1. The van der Waals surface area contributed by atoms with Crippen molar-refractivity contribution in [3.63, 3.8) is 0 Å². The lowest BCUT2D eigenvalue weighted by atomic mass is 10.3. The number of nitrogens with one attached hydrogen (secondary N) is 1. The molecule has 0 aromatic heterocycles. The molecule has 1 N–H and O–H groups in total. The van der Waals surface area contributed by atoms with E-state index >= 15 is 0 Å². The molecule has 1 heterocycles. The van der Waals surface area contributed by atoms with Gasteiger partial charge in [0, 0.05) is 6.54 Å². The third kappa shape index (κ3) is 2.03. The van der Waals surface area contributed by atoms with Crippen LogP contribution < -0.4 is 14.8 Å². The molecule has 1 atom stereocenters. The summed E-state index contributed by atoms with van der Waals surface area (Å²) in [6.07, 6.45) is 0. The van der Waals surface area contributed by atoms with Gasteiger partial charge in [-0.3, -0.25) is 0 Å². The highest BCUT2D eigenvalue weighted by Crippen LogP contribution is 2.17. The van der Waals surface area contributed by atoms with Crippen LogP contribution in [0.25, 0.3) is 0 Å². The summed E-state index contributed by atoms with van der Waals surface area (Å²) in [6, 6.07) is 6.81. The molecule has 0 saturated carbocycles. The Balaban J connectivity index is 1.98. The Hall–Kier alpha value is -1.55. The Bertz CT molecular complexity index is 330. The zero-order chi connectivity index (χ0) is 9.97. The minimum absolute atomic E-state index is 0.114. The third-order valence-corrected chi connectivity index (χ3v) is 1.97. The number of carbonyl (C=O) groups excluding carboxylic acids is 1. The molecule has 4 heteroatoms. The Labute approximate surface area is 81.8 Å². The van der Waals surface area contributed by atoms with Crippen molar-refractivity contribution >= 4 is 5.97 Å². The first-order valence-corrected chi connectivity index (χ1v) is 4.39. The lowest BCUT2D eigenvalue weighted by molar-refractivity contribution is -0.133. The van der Waals surface area contributed by atoms with E-state index in [-0.39, 0.29) is 12.0 Å². The fraction of sp³-hybridized carbons (Fsp3) is 0.300. The molecule has 1 aromatic rings. The predicted molar refractivity (Wildman–Crippen MR) is 50.4 cm³/mol. The number of hydrogen-bond acceptors (Lipinski definition) is 4. The molecule has 0 aliphatic carbocycles. The van der Waals surface area contributed by atoms with Crippen LogP contribution in [0.1, 0.15) is 0 Å². The second kappa shape index (κ2) is 3.67. The molecular weight excluding hydrogens is 182 g/mol. The van der Waals surface area contributed by atoms with E-state index in [2.05, 4.69) is 5.32 Å². The number of benzene rings is 1. The van der Waals surface area contributed by atoms with Crippen molar-refractivity contribution in [1.82, 2.24) is 5.32 Å². The number of ether oxygens (including phenoxy) is 2. The van der Waals surface area contributed by atoms with E-state index in [0.717, 1.165) is 12.3 Å². The summed E-state index contributed by atoms with van der Waals surface area (Å²) in [6.45, 7) is 0.717. The molecule has 1 aliphatic rings. The summed E-state index contributed by atoms with van der Waals surface area (Å²) >= 11 is 0. The van der Waals surface area contributed by atoms with Crippen molar-refractivity contribution in [2.45, 2.75) is 6.04 Å². The van der Waals surface area contributed by atoms with E-state index in [1.54, 1.807) is 31.4 Å². The largest absolute Gasteiger partial charge is 0.497 e. The van der Waals surface area contributed by atoms with Gasteiger partial charge in [0.1, 0.15) is 17.5 Å². The molecule has 1 saturated heterocycles. The molecule has 1 aromatic carbocycles. The maximum absolute atomic E-state index is 11.2. The van der Waals surface area contributed by atoms with Crippen molar-refractivity contribution in [2.24, 2.45) is 0 Å². The maximum Gasteiger partial charge on any atom is 0.329 e. The number of hydrogen-bond donors (Lipinski definition) is 1. The van der Waals surface area contributed by atoms with Gasteiger partial charge in [-0.15, -0.1) is 0 Å². The summed E-state index contributed by atoms with van der Waals surface area (Å²) < 4.78 is 10.1. The van der Waals surface area contributed by atoms with E-state index in [4.69, 9.17) is 9.47 Å². The molecule has 2 rings (SSSR count). The summed E-state index contributed by atoms with van der Waals surface area (Å²) in [4.78, 5) is 11.2. The minimum Gasteiger partial charge on any atom is -0.497 e. The van der Waals surface area contributed by atoms with Crippen molar-refractivity contribution in [3.05, 3.63) is 24.3 Å². The molecule has 0 bridgehead atoms. The second-order valence-electron chi connectivity index (χ2n) is 3.06. The lowest BCUT2D eigenvalue weighted by Crippen LogP contribution is -2.16. The van der Waals surface area contributed by atoms with Crippen LogP contribution >= 0.6 is 0 Å². The van der Waals surface area contributed by atoms with E-state index in [1.807, 2.05) is 0 Å². The monoisotopic (exact) mass is 193 g/mol. The van der Waals surface area contributed by atoms with Crippen LogP contribution in [-0.2, 0) is 4.79 Å². The van der Waals surface area contributed by atoms with Crippen LogP contribution in [0.15, 0.2) is 24.3 Å². The number of rotatable bonds is 3. The van der Waals surface area contributed by atoms with Gasteiger partial charge in [-0.1, -0.05) is 0 Å². The summed E-state index contributed by atoms with van der Waals surface area (Å²) in [5.74, 6) is 1.06. The first-order chi connectivity index (χ1) is 6.79. The van der Waals surface area contributed by atoms with Gasteiger partial charge < -0.3 is 14.8 Å². The van der Waals surface area contributed by atoms with Crippen molar-refractivity contribution in [2.75, 3.05) is 13.7 Å². The normalized spacial score (nSPS) is 18.8. The van der Waals surface area contributed by atoms with Crippen LogP contribution in [0.3, 0.4) is 0 Å². The first kappa shape index (κ1) is 9.02.